The molecule has 0 spiro atoms. The summed E-state index contributed by atoms with van der Waals surface area (Å²) in [5.41, 5.74) is 15.9. The van der Waals surface area contributed by atoms with E-state index in [2.05, 4.69) is 6.58 Å². The number of carbonyl (C=O) groups is 1. The third kappa shape index (κ3) is 20.5. The number of amides is 1. The van der Waals surface area contributed by atoms with E-state index in [0.717, 1.165) is 13.1 Å². The Hall–Kier alpha value is -0.870. The van der Waals surface area contributed by atoms with Gasteiger partial charge in [-0.2, -0.15) is 0 Å². The Morgan fingerprint density at radius 3 is 1.22 bits per heavy atom. The largest absolute Gasteiger partial charge is 0.366 e. The molecule has 18 heavy (non-hydrogen) atoms. The van der Waals surface area contributed by atoms with Gasteiger partial charge in [0.25, 0.3) is 0 Å². The Balaban J connectivity index is 0. The fraction of sp³-hybridized carbons (Fsp3) is 0.786. The lowest BCUT2D eigenvalue weighted by Gasteiger charge is -2.00. The molecule has 0 heterocycles. The zero-order valence-corrected chi connectivity index (χ0v) is 11.9. The average Bonchev–Trinajstić information content (AvgIpc) is 2.33. The summed E-state index contributed by atoms with van der Waals surface area (Å²) in [6, 6.07) is 0. The smallest absolute Gasteiger partial charge is 0.243 e. The molecule has 0 aromatic carbocycles. The van der Waals surface area contributed by atoms with E-state index in [9.17, 15) is 4.79 Å². The van der Waals surface area contributed by atoms with E-state index in [1.54, 1.807) is 6.92 Å². The minimum absolute atomic E-state index is 0.398. The average molecular weight is 257 g/mol. The first-order valence-corrected chi connectivity index (χ1v) is 6.91. The van der Waals surface area contributed by atoms with Gasteiger partial charge in [-0.3, -0.25) is 4.79 Å². The van der Waals surface area contributed by atoms with E-state index in [1.165, 1.54) is 51.4 Å². The van der Waals surface area contributed by atoms with Gasteiger partial charge in [-0.25, -0.2) is 0 Å². The lowest BCUT2D eigenvalue weighted by Crippen LogP contribution is -2.10. The minimum atomic E-state index is -0.435. The molecular formula is C14H31N3O. The summed E-state index contributed by atoms with van der Waals surface area (Å²) in [6.07, 6.45) is 10.5. The summed E-state index contributed by atoms with van der Waals surface area (Å²) in [4.78, 5) is 9.82. The molecule has 4 heteroatoms. The first kappa shape index (κ1) is 19.5. The molecule has 0 aliphatic heterocycles. The Morgan fingerprint density at radius 1 is 0.833 bits per heavy atom. The van der Waals surface area contributed by atoms with E-state index in [-0.39, 0.29) is 0 Å². The van der Waals surface area contributed by atoms with Crippen molar-refractivity contribution >= 4 is 5.91 Å². The van der Waals surface area contributed by atoms with E-state index in [4.69, 9.17) is 17.2 Å². The van der Waals surface area contributed by atoms with Gasteiger partial charge in [0.05, 0.1) is 0 Å². The Labute approximate surface area is 112 Å². The molecule has 0 aliphatic carbocycles. The first-order chi connectivity index (χ1) is 8.56. The third-order valence-electron chi connectivity index (χ3n) is 2.58. The van der Waals surface area contributed by atoms with Crippen molar-refractivity contribution in [3.8, 4) is 0 Å². The predicted molar refractivity (Wildman–Crippen MR) is 79.1 cm³/mol. The van der Waals surface area contributed by atoms with Crippen LogP contribution in [0.3, 0.4) is 0 Å². The standard InChI is InChI=1S/C10H24N2.C4H7NO/c11-9-7-5-3-1-2-4-6-8-10-12;1-3(2)4(5)6/h1-12H2;1H2,2H3,(H2,5,6). The molecule has 0 saturated heterocycles. The molecule has 0 fully saturated rings. The van der Waals surface area contributed by atoms with Crippen LogP contribution in [0.15, 0.2) is 12.2 Å². The molecule has 0 rings (SSSR count). The fourth-order valence-electron chi connectivity index (χ4n) is 1.35. The lowest BCUT2D eigenvalue weighted by molar-refractivity contribution is -0.114. The van der Waals surface area contributed by atoms with Crippen LogP contribution in [0.1, 0.15) is 58.3 Å². The lowest BCUT2D eigenvalue weighted by atomic mass is 10.1. The van der Waals surface area contributed by atoms with Gasteiger partial charge in [0.1, 0.15) is 0 Å². The SMILES string of the molecule is C=C(C)C(N)=O.NCCCCCCCCCCN. The summed E-state index contributed by atoms with van der Waals surface area (Å²) in [7, 11) is 0. The van der Waals surface area contributed by atoms with Gasteiger partial charge < -0.3 is 17.2 Å². The Bertz CT molecular complexity index is 183. The van der Waals surface area contributed by atoms with Crippen LogP contribution < -0.4 is 17.2 Å². The summed E-state index contributed by atoms with van der Waals surface area (Å²) in [6.45, 7) is 6.56. The number of rotatable bonds is 10. The molecule has 0 aromatic heterocycles. The second kappa shape index (κ2) is 16.1. The second-order valence-corrected chi connectivity index (χ2v) is 4.55. The Morgan fingerprint density at radius 2 is 1.06 bits per heavy atom. The van der Waals surface area contributed by atoms with Gasteiger partial charge in [0.15, 0.2) is 0 Å². The van der Waals surface area contributed by atoms with Gasteiger partial charge in [-0.1, -0.05) is 45.1 Å². The normalized spacial score (nSPS) is 9.50. The fourth-order valence-corrected chi connectivity index (χ4v) is 1.35. The van der Waals surface area contributed by atoms with E-state index in [1.807, 2.05) is 0 Å². The number of nitrogens with two attached hydrogens (primary N) is 3. The second-order valence-electron chi connectivity index (χ2n) is 4.55. The molecule has 0 aliphatic rings. The van der Waals surface area contributed by atoms with Crippen LogP contribution in [0.25, 0.3) is 0 Å². The van der Waals surface area contributed by atoms with Gasteiger partial charge >= 0.3 is 0 Å². The molecule has 0 bridgehead atoms. The molecule has 0 aromatic rings. The quantitative estimate of drug-likeness (QED) is 0.413. The number of unbranched alkanes of at least 4 members (excludes halogenated alkanes) is 7. The van der Waals surface area contributed by atoms with Gasteiger partial charge in [0.2, 0.25) is 5.91 Å². The monoisotopic (exact) mass is 257 g/mol. The minimum Gasteiger partial charge on any atom is -0.366 e. The molecule has 4 nitrogen and oxygen atoms in total. The van der Waals surface area contributed by atoms with Crippen LogP contribution in [0.4, 0.5) is 0 Å². The van der Waals surface area contributed by atoms with E-state index >= 15 is 0 Å². The number of hydrogen-bond donors (Lipinski definition) is 3. The van der Waals surface area contributed by atoms with Gasteiger partial charge in [-0.05, 0) is 32.9 Å². The highest BCUT2D eigenvalue weighted by molar-refractivity contribution is 5.90. The van der Waals surface area contributed by atoms with Crippen molar-refractivity contribution in [2.45, 2.75) is 58.3 Å². The maximum absolute atomic E-state index is 9.82. The van der Waals surface area contributed by atoms with Crippen molar-refractivity contribution < 1.29 is 4.79 Å². The van der Waals surface area contributed by atoms with Crippen molar-refractivity contribution in [3.63, 3.8) is 0 Å². The van der Waals surface area contributed by atoms with Crippen molar-refractivity contribution in [3.05, 3.63) is 12.2 Å². The van der Waals surface area contributed by atoms with E-state index in [0.29, 0.717) is 5.57 Å². The molecule has 0 saturated carbocycles. The zero-order valence-electron chi connectivity index (χ0n) is 11.9. The number of hydrogen-bond acceptors (Lipinski definition) is 3. The molecule has 0 radical (unpaired) electrons. The topological polar surface area (TPSA) is 95.1 Å². The molecule has 108 valence electrons. The first-order valence-electron chi connectivity index (χ1n) is 6.91. The van der Waals surface area contributed by atoms with Crippen molar-refractivity contribution in [2.24, 2.45) is 17.2 Å². The van der Waals surface area contributed by atoms with Gasteiger partial charge in [-0.15, -0.1) is 0 Å². The zero-order chi connectivity index (χ0) is 14.2. The van der Waals surface area contributed by atoms with Gasteiger partial charge in [0, 0.05) is 5.57 Å². The molecular weight excluding hydrogens is 226 g/mol. The maximum Gasteiger partial charge on any atom is 0.243 e. The Kier molecular flexibility index (Phi) is 17.4. The highest BCUT2D eigenvalue weighted by atomic mass is 16.1. The number of primary amides is 1. The third-order valence-corrected chi connectivity index (χ3v) is 2.58. The van der Waals surface area contributed by atoms with Crippen LogP contribution in [0.2, 0.25) is 0 Å². The van der Waals surface area contributed by atoms with Crippen LogP contribution in [-0.4, -0.2) is 19.0 Å². The highest BCUT2D eigenvalue weighted by Gasteiger charge is 1.90. The molecule has 6 N–H and O–H groups in total. The van der Waals surface area contributed by atoms with Crippen LogP contribution in [-0.2, 0) is 4.79 Å². The maximum atomic E-state index is 9.82. The highest BCUT2D eigenvalue weighted by Crippen LogP contribution is 2.07. The molecule has 0 unspecified atom stereocenters. The van der Waals surface area contributed by atoms with Crippen LogP contribution in [0.5, 0.6) is 0 Å². The van der Waals surface area contributed by atoms with Crippen LogP contribution >= 0.6 is 0 Å². The molecule has 0 atom stereocenters. The molecule has 1 amide bonds. The van der Waals surface area contributed by atoms with Crippen molar-refractivity contribution in [2.75, 3.05) is 13.1 Å². The number of carbonyl (C=O) groups excluding carboxylic acids is 1. The van der Waals surface area contributed by atoms with Crippen molar-refractivity contribution in [1.82, 2.24) is 0 Å². The van der Waals surface area contributed by atoms with Crippen LogP contribution in [0, 0.1) is 0 Å². The van der Waals surface area contributed by atoms with E-state index < -0.39 is 5.91 Å². The summed E-state index contributed by atoms with van der Waals surface area (Å²) in [5.74, 6) is -0.435. The van der Waals surface area contributed by atoms with Crippen molar-refractivity contribution in [1.29, 1.82) is 0 Å². The summed E-state index contributed by atoms with van der Waals surface area (Å²) >= 11 is 0. The summed E-state index contributed by atoms with van der Waals surface area (Å²) in [5, 5.41) is 0. The predicted octanol–water partition coefficient (Wildman–Crippen LogP) is 2.07. The summed E-state index contributed by atoms with van der Waals surface area (Å²) < 4.78 is 0.